The average Bonchev–Trinajstić information content (AvgIpc) is 3.74. The van der Waals surface area contributed by atoms with Gasteiger partial charge >= 0.3 is 0 Å². The molecule has 0 unspecified atom stereocenters. The SMILES string of the molecule is c1ccc(Nc2ccc(-c3ccc4sc5ccccc5c4c3)cc2-c2cccc(C3=C(c4ccccc4)[C@H]3Nc3ccccc3)c2)cc1. The van der Waals surface area contributed by atoms with E-state index in [9.17, 15) is 0 Å². The van der Waals surface area contributed by atoms with E-state index in [0.29, 0.717) is 0 Å². The molecule has 48 heavy (non-hydrogen) atoms. The van der Waals surface area contributed by atoms with Gasteiger partial charge in [-0.05, 0) is 99.6 Å². The molecule has 1 aliphatic rings. The van der Waals surface area contributed by atoms with Gasteiger partial charge in [0.2, 0.25) is 0 Å². The number of thiophene rings is 1. The fourth-order valence-electron chi connectivity index (χ4n) is 6.84. The summed E-state index contributed by atoms with van der Waals surface area (Å²) in [4.78, 5) is 0. The zero-order valence-electron chi connectivity index (χ0n) is 26.2. The monoisotopic (exact) mass is 632 g/mol. The van der Waals surface area contributed by atoms with Crippen LogP contribution in [0.15, 0.2) is 176 Å². The fraction of sp³-hybridized carbons (Fsp3) is 0.0222. The topological polar surface area (TPSA) is 24.1 Å². The minimum Gasteiger partial charge on any atom is -0.374 e. The number of benzene rings is 7. The normalized spacial score (nSPS) is 14.0. The summed E-state index contributed by atoms with van der Waals surface area (Å²) >= 11 is 1.86. The molecular weight excluding hydrogens is 601 g/mol. The first-order chi connectivity index (χ1) is 23.8. The van der Waals surface area contributed by atoms with Crippen LogP contribution in [-0.4, -0.2) is 6.04 Å². The molecule has 0 bridgehead atoms. The van der Waals surface area contributed by atoms with E-state index < -0.39 is 0 Å². The Labute approximate surface area is 284 Å². The third-order valence-electron chi connectivity index (χ3n) is 9.22. The first-order valence-corrected chi connectivity index (χ1v) is 17.2. The van der Waals surface area contributed by atoms with Gasteiger partial charge in [-0.1, -0.05) is 115 Å². The molecule has 1 atom stereocenters. The molecule has 0 saturated heterocycles. The minimum atomic E-state index is 0.158. The maximum Gasteiger partial charge on any atom is 0.0786 e. The second kappa shape index (κ2) is 12.0. The van der Waals surface area contributed by atoms with Crippen LogP contribution >= 0.6 is 11.3 Å². The molecule has 8 aromatic rings. The van der Waals surface area contributed by atoms with Crippen LogP contribution < -0.4 is 10.6 Å². The molecule has 2 N–H and O–H groups in total. The third-order valence-corrected chi connectivity index (χ3v) is 10.4. The van der Waals surface area contributed by atoms with Crippen LogP contribution in [0.3, 0.4) is 0 Å². The van der Waals surface area contributed by atoms with E-state index in [1.807, 2.05) is 11.3 Å². The number of fused-ring (bicyclic) bond motifs is 3. The summed E-state index contributed by atoms with van der Waals surface area (Å²) in [5.74, 6) is 0. The quantitative estimate of drug-likeness (QED) is 0.174. The molecule has 0 saturated carbocycles. The van der Waals surface area contributed by atoms with Gasteiger partial charge in [-0.25, -0.2) is 0 Å². The van der Waals surface area contributed by atoms with Crippen LogP contribution in [0.2, 0.25) is 0 Å². The third kappa shape index (κ3) is 5.34. The van der Waals surface area contributed by atoms with Crippen LogP contribution in [0.25, 0.3) is 53.6 Å². The lowest BCUT2D eigenvalue weighted by Gasteiger charge is -2.16. The molecule has 1 aromatic heterocycles. The number of rotatable bonds is 8. The van der Waals surface area contributed by atoms with Gasteiger partial charge in [0.25, 0.3) is 0 Å². The summed E-state index contributed by atoms with van der Waals surface area (Å²) in [7, 11) is 0. The van der Waals surface area contributed by atoms with E-state index in [1.165, 1.54) is 64.7 Å². The number of hydrogen-bond acceptors (Lipinski definition) is 3. The summed E-state index contributed by atoms with van der Waals surface area (Å²) in [6.07, 6.45) is 0. The molecule has 9 rings (SSSR count). The van der Waals surface area contributed by atoms with Crippen LogP contribution in [0.4, 0.5) is 17.1 Å². The van der Waals surface area contributed by atoms with Crippen molar-refractivity contribution in [2.75, 3.05) is 10.6 Å². The molecule has 2 nitrogen and oxygen atoms in total. The van der Waals surface area contributed by atoms with Crippen molar-refractivity contribution < 1.29 is 0 Å². The van der Waals surface area contributed by atoms with E-state index in [-0.39, 0.29) is 6.04 Å². The summed E-state index contributed by atoms with van der Waals surface area (Å²) in [6, 6.07) is 63.3. The van der Waals surface area contributed by atoms with Gasteiger partial charge in [-0.2, -0.15) is 0 Å². The van der Waals surface area contributed by atoms with Crippen LogP contribution in [0.5, 0.6) is 0 Å². The number of anilines is 3. The maximum atomic E-state index is 3.79. The zero-order chi connectivity index (χ0) is 31.9. The van der Waals surface area contributed by atoms with Crippen LogP contribution in [0, 0.1) is 0 Å². The number of nitrogens with one attached hydrogen (secondary N) is 2. The first kappa shape index (κ1) is 28.3. The fourth-order valence-corrected chi connectivity index (χ4v) is 7.92. The largest absolute Gasteiger partial charge is 0.374 e. The van der Waals surface area contributed by atoms with Gasteiger partial charge in [-0.3, -0.25) is 0 Å². The highest BCUT2D eigenvalue weighted by molar-refractivity contribution is 7.25. The van der Waals surface area contributed by atoms with Gasteiger partial charge in [0.1, 0.15) is 0 Å². The second-order valence-electron chi connectivity index (χ2n) is 12.3. The molecule has 0 aliphatic heterocycles. The van der Waals surface area contributed by atoms with E-state index in [1.54, 1.807) is 0 Å². The summed E-state index contributed by atoms with van der Waals surface area (Å²) in [6.45, 7) is 0. The summed E-state index contributed by atoms with van der Waals surface area (Å²) in [5.41, 5.74) is 13.2. The lowest BCUT2D eigenvalue weighted by Crippen LogP contribution is -2.07. The molecule has 1 heterocycles. The zero-order valence-corrected chi connectivity index (χ0v) is 27.0. The van der Waals surface area contributed by atoms with Gasteiger partial charge in [0.15, 0.2) is 0 Å². The molecule has 1 aliphatic carbocycles. The van der Waals surface area contributed by atoms with Crippen molar-refractivity contribution in [3.05, 3.63) is 187 Å². The molecule has 3 heteroatoms. The van der Waals surface area contributed by atoms with Gasteiger partial charge in [0.05, 0.1) is 6.04 Å². The smallest absolute Gasteiger partial charge is 0.0786 e. The Balaban J connectivity index is 1.15. The standard InChI is InChI=1S/C45H32N2S/c1-4-13-30(14-5-1)43-44(45(43)47-36-19-8-3-9-20-36)34-16-12-15-33(27-34)38-28-31(23-25-40(38)46-35-17-6-2-7-18-35)32-24-26-42-39(29-32)37-21-10-11-22-41(37)48-42/h1-29,45-47H/t45-/m1/s1. The van der Waals surface area contributed by atoms with Crippen LogP contribution in [-0.2, 0) is 0 Å². The van der Waals surface area contributed by atoms with E-state index in [2.05, 4.69) is 187 Å². The molecule has 0 spiro atoms. The van der Waals surface area contributed by atoms with Crippen molar-refractivity contribution in [3.63, 3.8) is 0 Å². The van der Waals surface area contributed by atoms with Crippen molar-refractivity contribution in [1.29, 1.82) is 0 Å². The molecule has 7 aromatic carbocycles. The van der Waals surface area contributed by atoms with E-state index in [4.69, 9.17) is 0 Å². The van der Waals surface area contributed by atoms with Crippen molar-refractivity contribution in [2.45, 2.75) is 6.04 Å². The van der Waals surface area contributed by atoms with Crippen molar-refractivity contribution in [2.24, 2.45) is 0 Å². The van der Waals surface area contributed by atoms with Crippen LogP contribution in [0.1, 0.15) is 11.1 Å². The summed E-state index contributed by atoms with van der Waals surface area (Å²) < 4.78 is 2.65. The maximum absolute atomic E-state index is 3.79. The average molecular weight is 633 g/mol. The second-order valence-corrected chi connectivity index (χ2v) is 13.4. The molecular formula is C45H32N2S. The molecule has 0 fully saturated rings. The van der Waals surface area contributed by atoms with Gasteiger partial charge < -0.3 is 10.6 Å². The minimum absolute atomic E-state index is 0.158. The number of para-hydroxylation sites is 2. The predicted molar refractivity (Wildman–Crippen MR) is 207 cm³/mol. The van der Waals surface area contributed by atoms with Gasteiger partial charge in [-0.15, -0.1) is 11.3 Å². The predicted octanol–water partition coefficient (Wildman–Crippen LogP) is 12.5. The highest BCUT2D eigenvalue weighted by Crippen LogP contribution is 2.50. The first-order valence-electron chi connectivity index (χ1n) is 16.4. The Morgan fingerprint density at radius 3 is 1.81 bits per heavy atom. The Hall–Kier alpha value is -5.90. The summed E-state index contributed by atoms with van der Waals surface area (Å²) in [5, 5.41) is 10.1. The Morgan fingerprint density at radius 2 is 1.00 bits per heavy atom. The number of hydrogen-bond donors (Lipinski definition) is 2. The Kier molecular flexibility index (Phi) is 7.10. The van der Waals surface area contributed by atoms with Gasteiger partial charge in [0, 0.05) is 42.8 Å². The molecule has 228 valence electrons. The van der Waals surface area contributed by atoms with E-state index >= 15 is 0 Å². The van der Waals surface area contributed by atoms with Crippen molar-refractivity contribution in [1.82, 2.24) is 0 Å². The Morgan fingerprint density at radius 1 is 0.396 bits per heavy atom. The lowest BCUT2D eigenvalue weighted by atomic mass is 9.95. The lowest BCUT2D eigenvalue weighted by molar-refractivity contribution is 1.26. The Bertz CT molecular complexity index is 2440. The highest BCUT2D eigenvalue weighted by atomic mass is 32.1. The molecule has 0 amide bonds. The van der Waals surface area contributed by atoms with Crippen molar-refractivity contribution >= 4 is 59.7 Å². The van der Waals surface area contributed by atoms with E-state index in [0.717, 1.165) is 17.1 Å². The van der Waals surface area contributed by atoms with Crippen molar-refractivity contribution in [3.8, 4) is 22.3 Å². The molecule has 0 radical (unpaired) electrons. The highest BCUT2D eigenvalue weighted by Gasteiger charge is 2.38.